The molecule has 0 saturated heterocycles. The third kappa shape index (κ3) is 3.13. The van der Waals surface area contributed by atoms with Crippen molar-refractivity contribution < 1.29 is 24.8 Å². The molecule has 2 atom stereocenters. The van der Waals surface area contributed by atoms with Crippen LogP contribution in [-0.2, 0) is 14.3 Å². The highest BCUT2D eigenvalue weighted by atomic mass is 16.8. The molecule has 6 heteroatoms. The minimum Gasteiger partial charge on any atom is -0.595 e. The summed E-state index contributed by atoms with van der Waals surface area (Å²) in [6.07, 6.45) is 0. The molecule has 98 valence electrons. The number of rotatable bonds is 5. The average Bonchev–Trinajstić information content (AvgIpc) is 2.29. The van der Waals surface area contributed by atoms with E-state index in [0.717, 1.165) is 0 Å². The highest BCUT2D eigenvalue weighted by Crippen LogP contribution is 2.24. The minimum absolute atomic E-state index is 0.0641. The zero-order chi connectivity index (χ0) is 13.7. The molecule has 0 amide bonds. The second kappa shape index (κ2) is 6.25. The Morgan fingerprint density at radius 2 is 2.06 bits per heavy atom. The van der Waals surface area contributed by atoms with Crippen molar-refractivity contribution in [3.8, 4) is 0 Å². The van der Waals surface area contributed by atoms with Crippen LogP contribution in [0.15, 0.2) is 24.3 Å². The molecule has 0 aliphatic heterocycles. The Balaban J connectivity index is 3.22. The van der Waals surface area contributed by atoms with E-state index < -0.39 is 22.9 Å². The number of hydrogen-bond acceptors (Lipinski definition) is 5. The number of carbonyl (C=O) groups excluding carboxylic acids is 2. The summed E-state index contributed by atoms with van der Waals surface area (Å²) in [5, 5.41) is 18.9. The van der Waals surface area contributed by atoms with Crippen molar-refractivity contribution in [1.29, 1.82) is 0 Å². The van der Waals surface area contributed by atoms with E-state index in [1.165, 1.54) is 25.1 Å². The Hall–Kier alpha value is -1.76. The van der Waals surface area contributed by atoms with Gasteiger partial charge < -0.3 is 9.94 Å². The van der Waals surface area contributed by atoms with Crippen molar-refractivity contribution in [1.82, 2.24) is 0 Å². The van der Waals surface area contributed by atoms with E-state index in [1.807, 2.05) is 0 Å². The predicted octanol–water partition coefficient (Wildman–Crippen LogP) is 0.326. The molecule has 0 saturated carbocycles. The normalized spacial score (nSPS) is 13.8. The van der Waals surface area contributed by atoms with E-state index in [0.29, 0.717) is 0 Å². The van der Waals surface area contributed by atoms with Crippen LogP contribution < -0.4 is 5.23 Å². The SMILES string of the molecule is CCOC(=O)[C@H](C(C)=O)c1ccccc1[NH+]([O-])O. The van der Waals surface area contributed by atoms with E-state index in [9.17, 15) is 14.8 Å². The Morgan fingerprint density at radius 3 is 2.56 bits per heavy atom. The second-order valence-electron chi connectivity index (χ2n) is 3.69. The fourth-order valence-electron chi connectivity index (χ4n) is 1.68. The fourth-order valence-corrected chi connectivity index (χ4v) is 1.68. The molecular weight excluding hydrogens is 238 g/mol. The van der Waals surface area contributed by atoms with Crippen molar-refractivity contribution in [2.45, 2.75) is 19.8 Å². The first-order valence-corrected chi connectivity index (χ1v) is 5.48. The average molecular weight is 253 g/mol. The Kier molecular flexibility index (Phi) is 4.96. The molecule has 1 unspecified atom stereocenters. The molecule has 0 aliphatic carbocycles. The number of benzene rings is 1. The van der Waals surface area contributed by atoms with Gasteiger partial charge in [-0.05, 0) is 13.8 Å². The van der Waals surface area contributed by atoms with E-state index in [1.54, 1.807) is 13.0 Å². The molecule has 0 radical (unpaired) electrons. The maximum atomic E-state index is 11.7. The van der Waals surface area contributed by atoms with Gasteiger partial charge in [0.15, 0.2) is 5.69 Å². The number of esters is 1. The first kappa shape index (κ1) is 14.3. The van der Waals surface area contributed by atoms with Crippen LogP contribution in [0.25, 0.3) is 0 Å². The van der Waals surface area contributed by atoms with E-state index >= 15 is 0 Å². The quantitative estimate of drug-likeness (QED) is 0.448. The van der Waals surface area contributed by atoms with Crippen LogP contribution in [0.3, 0.4) is 0 Å². The van der Waals surface area contributed by atoms with Gasteiger partial charge in [-0.2, -0.15) is 5.23 Å². The Morgan fingerprint density at radius 1 is 1.44 bits per heavy atom. The fraction of sp³-hybridized carbons (Fsp3) is 0.333. The first-order chi connectivity index (χ1) is 8.49. The first-order valence-electron chi connectivity index (χ1n) is 5.48. The van der Waals surface area contributed by atoms with Crippen LogP contribution in [0.2, 0.25) is 0 Å². The van der Waals surface area contributed by atoms with E-state index in [-0.39, 0.29) is 17.9 Å². The summed E-state index contributed by atoms with van der Waals surface area (Å²) in [6.45, 7) is 3.00. The van der Waals surface area contributed by atoms with Gasteiger partial charge in [0, 0.05) is 11.6 Å². The summed E-state index contributed by atoms with van der Waals surface area (Å²) < 4.78 is 4.80. The predicted molar refractivity (Wildman–Crippen MR) is 62.3 cm³/mol. The molecular formula is C12H15NO5. The summed E-state index contributed by atoms with van der Waals surface area (Å²) in [6, 6.07) is 5.92. The summed E-state index contributed by atoms with van der Waals surface area (Å²) in [4.78, 5) is 23.3. The van der Waals surface area contributed by atoms with Crippen LogP contribution >= 0.6 is 0 Å². The van der Waals surface area contributed by atoms with Gasteiger partial charge in [0.05, 0.1) is 6.61 Å². The summed E-state index contributed by atoms with van der Waals surface area (Å²) in [5.41, 5.74) is 0.0988. The van der Waals surface area contributed by atoms with Gasteiger partial charge in [-0.25, -0.2) is 5.21 Å². The zero-order valence-electron chi connectivity index (χ0n) is 10.2. The molecule has 6 nitrogen and oxygen atoms in total. The number of ketones is 1. The van der Waals surface area contributed by atoms with Gasteiger partial charge in [-0.15, -0.1) is 0 Å². The van der Waals surface area contributed by atoms with Gasteiger partial charge in [-0.3, -0.25) is 9.59 Å². The lowest BCUT2D eigenvalue weighted by Crippen LogP contribution is -2.99. The third-order valence-electron chi connectivity index (χ3n) is 2.43. The molecule has 1 aromatic rings. The van der Waals surface area contributed by atoms with Crippen LogP contribution in [0, 0.1) is 5.21 Å². The smallest absolute Gasteiger partial charge is 0.321 e. The molecule has 1 aromatic carbocycles. The molecule has 18 heavy (non-hydrogen) atoms. The number of nitrogens with one attached hydrogen (secondary N) is 1. The topological polar surface area (TPSA) is 91.1 Å². The number of carbonyl (C=O) groups is 2. The minimum atomic E-state index is -1.18. The van der Waals surface area contributed by atoms with Crippen molar-refractivity contribution in [2.75, 3.05) is 6.61 Å². The lowest BCUT2D eigenvalue weighted by atomic mass is 9.94. The largest absolute Gasteiger partial charge is 0.595 e. The van der Waals surface area contributed by atoms with Crippen LogP contribution in [0.1, 0.15) is 25.3 Å². The van der Waals surface area contributed by atoms with Gasteiger partial charge in [-0.1, -0.05) is 18.2 Å². The van der Waals surface area contributed by atoms with Crippen molar-refractivity contribution in [3.05, 3.63) is 35.0 Å². The molecule has 1 rings (SSSR count). The number of quaternary nitrogens is 1. The van der Waals surface area contributed by atoms with Gasteiger partial charge in [0.2, 0.25) is 0 Å². The van der Waals surface area contributed by atoms with Gasteiger partial charge >= 0.3 is 5.97 Å². The van der Waals surface area contributed by atoms with Crippen molar-refractivity contribution >= 4 is 17.4 Å². The molecule has 0 aliphatic rings. The number of ether oxygens (including phenoxy) is 1. The Bertz CT molecular complexity index is 444. The highest BCUT2D eigenvalue weighted by molar-refractivity contribution is 6.04. The number of hydrogen-bond donors (Lipinski definition) is 2. The van der Waals surface area contributed by atoms with Gasteiger partial charge in [0.1, 0.15) is 11.7 Å². The molecule has 2 N–H and O–H groups in total. The Labute approximate surface area is 104 Å². The molecule has 0 aromatic heterocycles. The molecule has 0 fully saturated rings. The lowest BCUT2D eigenvalue weighted by Gasteiger charge is -2.19. The maximum Gasteiger partial charge on any atom is 0.321 e. The van der Waals surface area contributed by atoms with Crippen molar-refractivity contribution in [3.63, 3.8) is 0 Å². The zero-order valence-corrected chi connectivity index (χ0v) is 10.2. The summed E-state index contributed by atoms with van der Waals surface area (Å²) in [5.74, 6) is -2.35. The van der Waals surface area contributed by atoms with Crippen LogP contribution in [0.5, 0.6) is 0 Å². The number of para-hydroxylation sites is 1. The van der Waals surface area contributed by atoms with Crippen LogP contribution in [-0.4, -0.2) is 23.6 Å². The van der Waals surface area contributed by atoms with Crippen LogP contribution in [0.4, 0.5) is 5.69 Å². The van der Waals surface area contributed by atoms with E-state index in [2.05, 4.69) is 0 Å². The molecule has 0 heterocycles. The molecule has 0 bridgehead atoms. The monoisotopic (exact) mass is 253 g/mol. The standard InChI is InChI=1S/C12H15NO5/c1-3-18-12(15)11(8(2)14)9-6-4-5-7-10(9)13(16)17/h4-7,11,13,16H,3H2,1-2H3/t11-/m1/s1. The maximum absolute atomic E-state index is 11.7. The number of Topliss-reactive ketones (excluding diaryl/α,β-unsaturated/α-hetero) is 1. The van der Waals surface area contributed by atoms with E-state index in [4.69, 9.17) is 9.94 Å². The second-order valence-corrected chi connectivity index (χ2v) is 3.69. The highest BCUT2D eigenvalue weighted by Gasteiger charge is 2.30. The van der Waals surface area contributed by atoms with Crippen molar-refractivity contribution in [2.24, 2.45) is 0 Å². The summed E-state index contributed by atoms with van der Waals surface area (Å²) >= 11 is 0. The van der Waals surface area contributed by atoms with Gasteiger partial charge in [0.25, 0.3) is 0 Å². The summed E-state index contributed by atoms with van der Waals surface area (Å²) in [7, 11) is 0. The lowest BCUT2D eigenvalue weighted by molar-refractivity contribution is -0.991. The third-order valence-corrected chi connectivity index (χ3v) is 2.43. The molecule has 0 spiro atoms.